The van der Waals surface area contributed by atoms with Gasteiger partial charge in [0.25, 0.3) is 0 Å². The quantitative estimate of drug-likeness (QED) is 0.818. The Labute approximate surface area is 131 Å². The first kappa shape index (κ1) is 16.5. The Balaban J connectivity index is 2.15. The second-order valence-corrected chi connectivity index (χ2v) is 6.23. The van der Waals surface area contributed by atoms with Crippen LogP contribution in [-0.4, -0.2) is 30.4 Å². The van der Waals surface area contributed by atoms with Gasteiger partial charge in [-0.15, -0.1) is 0 Å². The fraction of sp³-hybridized carbons (Fsp3) is 0.529. The number of nitrogens with two attached hydrogens (primary N) is 1. The van der Waals surface area contributed by atoms with Crippen LogP contribution in [0.5, 0.6) is 0 Å². The number of ether oxygens (including phenoxy) is 1. The molecule has 0 spiro atoms. The van der Waals surface area contributed by atoms with Crippen molar-refractivity contribution in [1.29, 1.82) is 0 Å². The number of hydrogen-bond donors (Lipinski definition) is 1. The highest BCUT2D eigenvalue weighted by atomic mass is 16.7. The summed E-state index contributed by atoms with van der Waals surface area (Å²) in [6, 6.07) is 9.52. The first-order valence-corrected chi connectivity index (χ1v) is 7.59. The van der Waals surface area contributed by atoms with Crippen molar-refractivity contribution in [2.45, 2.75) is 44.8 Å². The molecule has 1 aliphatic heterocycles. The van der Waals surface area contributed by atoms with E-state index in [-0.39, 0.29) is 6.04 Å². The number of carbonyl (C=O) groups excluding carboxylic acids is 1. The minimum absolute atomic E-state index is 0.192. The number of esters is 1. The van der Waals surface area contributed by atoms with Gasteiger partial charge >= 0.3 is 5.97 Å². The molecule has 1 heterocycles. The lowest BCUT2D eigenvalue weighted by Gasteiger charge is -2.24. The van der Waals surface area contributed by atoms with Crippen LogP contribution in [-0.2, 0) is 20.8 Å². The number of rotatable bonds is 6. The summed E-state index contributed by atoms with van der Waals surface area (Å²) in [4.78, 5) is 17.8. The van der Waals surface area contributed by atoms with Crippen molar-refractivity contribution in [2.24, 2.45) is 16.8 Å². The molecule has 120 valence electrons. The van der Waals surface area contributed by atoms with Crippen molar-refractivity contribution < 1.29 is 14.4 Å². The molecule has 1 aromatic carbocycles. The number of benzene rings is 1. The molecule has 1 aromatic rings. The van der Waals surface area contributed by atoms with Gasteiger partial charge in [0.2, 0.25) is 5.60 Å². The molecule has 0 aromatic heterocycles. The molecule has 0 radical (unpaired) electrons. The topological polar surface area (TPSA) is 73.9 Å². The summed E-state index contributed by atoms with van der Waals surface area (Å²) in [5.41, 5.74) is 6.81. The maximum absolute atomic E-state index is 12.3. The van der Waals surface area contributed by atoms with Gasteiger partial charge in [0.15, 0.2) is 0 Å². The molecule has 0 saturated carbocycles. The van der Waals surface area contributed by atoms with E-state index in [4.69, 9.17) is 15.3 Å². The lowest BCUT2D eigenvalue weighted by molar-refractivity contribution is -0.166. The zero-order chi connectivity index (χ0) is 16.2. The van der Waals surface area contributed by atoms with Crippen molar-refractivity contribution >= 4 is 11.7 Å². The van der Waals surface area contributed by atoms with Gasteiger partial charge in [-0.3, -0.25) is 0 Å². The molecular weight excluding hydrogens is 280 g/mol. The predicted octanol–water partition coefficient (Wildman–Crippen LogP) is 2.29. The molecule has 2 rings (SSSR count). The van der Waals surface area contributed by atoms with Gasteiger partial charge in [-0.05, 0) is 17.9 Å². The highest BCUT2D eigenvalue weighted by Gasteiger charge is 2.48. The largest absolute Gasteiger partial charge is 0.466 e. The zero-order valence-electron chi connectivity index (χ0n) is 13.4. The maximum Gasteiger partial charge on any atom is 0.353 e. The Bertz CT molecular complexity index is 542. The van der Waals surface area contributed by atoms with Gasteiger partial charge in [-0.25, -0.2) is 4.79 Å². The maximum atomic E-state index is 12.3. The van der Waals surface area contributed by atoms with Gasteiger partial charge in [0.05, 0.1) is 12.8 Å². The number of hydrogen-bond acceptors (Lipinski definition) is 5. The summed E-state index contributed by atoms with van der Waals surface area (Å²) in [7, 11) is 1.37. The Hall–Kier alpha value is -1.88. The van der Waals surface area contributed by atoms with Gasteiger partial charge in [-0.2, -0.15) is 0 Å². The average Bonchev–Trinajstić information content (AvgIpc) is 2.92. The van der Waals surface area contributed by atoms with E-state index >= 15 is 0 Å². The van der Waals surface area contributed by atoms with Crippen LogP contribution in [0.4, 0.5) is 0 Å². The minimum atomic E-state index is -1.10. The summed E-state index contributed by atoms with van der Waals surface area (Å²) >= 11 is 0. The molecule has 2 atom stereocenters. The fourth-order valence-electron chi connectivity index (χ4n) is 2.73. The van der Waals surface area contributed by atoms with E-state index in [2.05, 4.69) is 19.0 Å². The van der Waals surface area contributed by atoms with Gasteiger partial charge in [0, 0.05) is 18.9 Å². The number of nitrogens with zero attached hydrogens (tertiary/aromatic N) is 1. The zero-order valence-corrected chi connectivity index (χ0v) is 13.4. The predicted molar refractivity (Wildman–Crippen MR) is 85.5 cm³/mol. The summed E-state index contributed by atoms with van der Waals surface area (Å²) in [5.74, 6) is 0.0480. The van der Waals surface area contributed by atoms with Crippen LogP contribution in [0, 0.1) is 5.92 Å². The SMILES string of the molecule is COC(=O)C1(Cc2ccccc2)CC(C(N)CC(C)C)=NO1. The summed E-state index contributed by atoms with van der Waals surface area (Å²) < 4.78 is 4.94. The summed E-state index contributed by atoms with van der Waals surface area (Å²) in [6.45, 7) is 4.21. The first-order chi connectivity index (χ1) is 10.5. The molecule has 0 saturated heterocycles. The first-order valence-electron chi connectivity index (χ1n) is 7.59. The van der Waals surface area contributed by atoms with Crippen LogP contribution in [0.3, 0.4) is 0 Å². The second kappa shape index (κ2) is 6.92. The minimum Gasteiger partial charge on any atom is -0.466 e. The molecule has 0 amide bonds. The van der Waals surface area contributed by atoms with Crippen LogP contribution in [0.25, 0.3) is 0 Å². The molecule has 22 heavy (non-hydrogen) atoms. The van der Waals surface area contributed by atoms with Crippen LogP contribution in [0.2, 0.25) is 0 Å². The van der Waals surface area contributed by atoms with Crippen molar-refractivity contribution in [3.8, 4) is 0 Å². The number of oxime groups is 1. The van der Waals surface area contributed by atoms with E-state index in [1.807, 2.05) is 30.3 Å². The summed E-state index contributed by atoms with van der Waals surface area (Å²) in [6.07, 6.45) is 1.61. The normalized spacial score (nSPS) is 22.1. The third-order valence-electron chi connectivity index (χ3n) is 3.85. The van der Waals surface area contributed by atoms with Crippen LogP contribution in [0.15, 0.2) is 35.5 Å². The van der Waals surface area contributed by atoms with E-state index in [1.165, 1.54) is 7.11 Å². The van der Waals surface area contributed by atoms with E-state index in [1.54, 1.807) is 0 Å². The highest BCUT2D eigenvalue weighted by molar-refractivity contribution is 5.96. The van der Waals surface area contributed by atoms with Gasteiger partial charge < -0.3 is 15.3 Å². The second-order valence-electron chi connectivity index (χ2n) is 6.23. The van der Waals surface area contributed by atoms with Crippen molar-refractivity contribution in [3.63, 3.8) is 0 Å². The Morgan fingerprint density at radius 2 is 2.09 bits per heavy atom. The lowest BCUT2D eigenvalue weighted by Crippen LogP contribution is -2.44. The smallest absolute Gasteiger partial charge is 0.353 e. The molecule has 5 nitrogen and oxygen atoms in total. The van der Waals surface area contributed by atoms with Crippen molar-refractivity contribution in [3.05, 3.63) is 35.9 Å². The Morgan fingerprint density at radius 1 is 1.41 bits per heavy atom. The van der Waals surface area contributed by atoms with Crippen LogP contribution < -0.4 is 5.73 Å². The monoisotopic (exact) mass is 304 g/mol. The fourth-order valence-corrected chi connectivity index (χ4v) is 2.73. The average molecular weight is 304 g/mol. The number of methoxy groups -OCH3 is 1. The molecule has 2 unspecified atom stereocenters. The van der Waals surface area contributed by atoms with Crippen molar-refractivity contribution in [1.82, 2.24) is 0 Å². The Morgan fingerprint density at radius 3 is 2.68 bits per heavy atom. The molecule has 2 N–H and O–H groups in total. The molecule has 1 aliphatic rings. The van der Waals surface area contributed by atoms with Crippen LogP contribution in [0.1, 0.15) is 32.3 Å². The molecule has 5 heteroatoms. The van der Waals surface area contributed by atoms with Gasteiger partial charge in [-0.1, -0.05) is 49.3 Å². The van der Waals surface area contributed by atoms with Crippen LogP contribution >= 0.6 is 0 Å². The van der Waals surface area contributed by atoms with E-state index in [0.717, 1.165) is 17.7 Å². The van der Waals surface area contributed by atoms with E-state index < -0.39 is 11.6 Å². The molecule has 0 bridgehead atoms. The third-order valence-corrected chi connectivity index (χ3v) is 3.85. The molecule has 0 fully saturated rings. The van der Waals surface area contributed by atoms with E-state index in [0.29, 0.717) is 18.8 Å². The standard InChI is InChI=1S/C17H24N2O3/c1-12(2)9-14(18)15-11-17(22-19-15,16(20)21-3)10-13-7-5-4-6-8-13/h4-8,12,14H,9-11,18H2,1-3H3. The summed E-state index contributed by atoms with van der Waals surface area (Å²) in [5, 5.41) is 4.10. The lowest BCUT2D eigenvalue weighted by atomic mass is 9.86. The van der Waals surface area contributed by atoms with E-state index in [9.17, 15) is 4.79 Å². The number of carbonyl (C=O) groups is 1. The van der Waals surface area contributed by atoms with Gasteiger partial charge in [0.1, 0.15) is 0 Å². The highest BCUT2D eigenvalue weighted by Crippen LogP contribution is 2.31. The third kappa shape index (κ3) is 3.65. The molecule has 0 aliphatic carbocycles. The Kier molecular flexibility index (Phi) is 5.19. The molecular formula is C17H24N2O3. The van der Waals surface area contributed by atoms with Crippen molar-refractivity contribution in [2.75, 3.05) is 7.11 Å².